The fourth-order valence-corrected chi connectivity index (χ4v) is 2.83. The maximum absolute atomic E-state index is 14.2. The molecule has 1 aromatic carbocycles. The van der Waals surface area contributed by atoms with Gasteiger partial charge >= 0.3 is 0 Å². The number of rotatable bonds is 2. The molecule has 20 heavy (non-hydrogen) atoms. The first kappa shape index (κ1) is 12.7. The third-order valence-corrected chi connectivity index (χ3v) is 3.71. The molecule has 0 radical (unpaired) electrons. The van der Waals surface area contributed by atoms with Crippen molar-refractivity contribution in [1.29, 1.82) is 0 Å². The summed E-state index contributed by atoms with van der Waals surface area (Å²) in [6.45, 7) is 0. The summed E-state index contributed by atoms with van der Waals surface area (Å²) in [5.41, 5.74) is 6.83. The number of nitrogen functional groups attached to an aromatic ring is 1. The van der Waals surface area contributed by atoms with Crippen molar-refractivity contribution in [3.63, 3.8) is 0 Å². The summed E-state index contributed by atoms with van der Waals surface area (Å²) in [5, 5.41) is 0.286. The molecule has 0 aliphatic heterocycles. The topological polar surface area (TPSA) is 61.0 Å². The second kappa shape index (κ2) is 4.68. The molecule has 4 nitrogen and oxygen atoms in total. The van der Waals surface area contributed by atoms with Crippen molar-refractivity contribution in [2.24, 2.45) is 0 Å². The zero-order valence-electron chi connectivity index (χ0n) is 10.4. The van der Waals surface area contributed by atoms with Crippen molar-refractivity contribution in [1.82, 2.24) is 9.97 Å². The Bertz CT molecular complexity index is 786. The Balaban J connectivity index is 2.35. The van der Waals surface area contributed by atoms with Gasteiger partial charge in [0.05, 0.1) is 17.4 Å². The van der Waals surface area contributed by atoms with E-state index < -0.39 is 11.8 Å². The van der Waals surface area contributed by atoms with Crippen LogP contribution in [0.15, 0.2) is 24.3 Å². The average molecular weight is 293 g/mol. The summed E-state index contributed by atoms with van der Waals surface area (Å²) < 4.78 is 32.7. The van der Waals surface area contributed by atoms with Gasteiger partial charge in [-0.3, -0.25) is 0 Å². The van der Waals surface area contributed by atoms with Gasteiger partial charge in [-0.2, -0.15) is 9.37 Å². The normalized spacial score (nSPS) is 10.9. The molecule has 3 aromatic rings. The number of halogens is 2. The van der Waals surface area contributed by atoms with Crippen LogP contribution >= 0.6 is 11.3 Å². The van der Waals surface area contributed by atoms with Crippen LogP contribution < -0.4 is 10.5 Å². The number of pyridine rings is 1. The monoisotopic (exact) mass is 293 g/mol. The van der Waals surface area contributed by atoms with Crippen molar-refractivity contribution >= 4 is 26.7 Å². The highest BCUT2D eigenvalue weighted by Gasteiger charge is 2.19. The Morgan fingerprint density at radius 3 is 2.50 bits per heavy atom. The quantitative estimate of drug-likeness (QED) is 0.737. The van der Waals surface area contributed by atoms with Crippen LogP contribution in [0.3, 0.4) is 0 Å². The van der Waals surface area contributed by atoms with Crippen molar-refractivity contribution in [3.05, 3.63) is 36.0 Å². The van der Waals surface area contributed by atoms with Crippen LogP contribution in [0.2, 0.25) is 0 Å². The van der Waals surface area contributed by atoms with E-state index in [2.05, 4.69) is 9.97 Å². The summed E-state index contributed by atoms with van der Waals surface area (Å²) in [7, 11) is 1.38. The predicted octanol–water partition coefficient (Wildman–Crippen LogP) is 3.23. The minimum Gasteiger partial charge on any atom is -0.479 e. The van der Waals surface area contributed by atoms with Crippen molar-refractivity contribution < 1.29 is 13.5 Å². The summed E-state index contributed by atoms with van der Waals surface area (Å²) in [6, 6.07) is 5.49. The zero-order valence-corrected chi connectivity index (χ0v) is 11.2. The minimum absolute atomic E-state index is 0.0799. The minimum atomic E-state index is -0.704. The van der Waals surface area contributed by atoms with Crippen molar-refractivity contribution in [2.45, 2.75) is 0 Å². The molecule has 0 amide bonds. The van der Waals surface area contributed by atoms with Crippen LogP contribution in [-0.2, 0) is 0 Å². The third kappa shape index (κ3) is 1.96. The van der Waals surface area contributed by atoms with E-state index in [1.54, 1.807) is 0 Å². The van der Waals surface area contributed by atoms with Gasteiger partial charge in [0.1, 0.15) is 11.3 Å². The van der Waals surface area contributed by atoms with E-state index in [1.165, 1.54) is 31.4 Å². The van der Waals surface area contributed by atoms with E-state index in [4.69, 9.17) is 10.5 Å². The van der Waals surface area contributed by atoms with Gasteiger partial charge in [0.2, 0.25) is 11.8 Å². The number of thiazole rings is 1. The van der Waals surface area contributed by atoms with Gasteiger partial charge in [-0.25, -0.2) is 9.37 Å². The van der Waals surface area contributed by atoms with E-state index in [9.17, 15) is 8.78 Å². The first-order valence-corrected chi connectivity index (χ1v) is 6.47. The number of benzene rings is 1. The average Bonchev–Trinajstić information content (AvgIpc) is 2.80. The highest BCUT2D eigenvalue weighted by Crippen LogP contribution is 2.38. The number of fused-ring (bicyclic) bond motifs is 1. The lowest BCUT2D eigenvalue weighted by molar-refractivity contribution is 0.393. The Morgan fingerprint density at radius 2 is 1.85 bits per heavy atom. The molecule has 2 heterocycles. The molecule has 0 spiro atoms. The van der Waals surface area contributed by atoms with Crippen LogP contribution in [0.4, 0.5) is 13.9 Å². The van der Waals surface area contributed by atoms with Gasteiger partial charge in [0.15, 0.2) is 5.13 Å². The van der Waals surface area contributed by atoms with Crippen LogP contribution in [0.1, 0.15) is 0 Å². The van der Waals surface area contributed by atoms with Crippen LogP contribution in [-0.4, -0.2) is 17.1 Å². The van der Waals surface area contributed by atoms with Crippen molar-refractivity contribution in [2.75, 3.05) is 12.8 Å². The van der Waals surface area contributed by atoms with Crippen LogP contribution in [0.5, 0.6) is 5.88 Å². The Hall–Kier alpha value is -2.28. The van der Waals surface area contributed by atoms with Gasteiger partial charge in [-0.05, 0) is 17.7 Å². The molecule has 3 rings (SSSR count). The fourth-order valence-electron chi connectivity index (χ4n) is 1.95. The summed E-state index contributed by atoms with van der Waals surface area (Å²) >= 11 is 1.13. The molecule has 0 aliphatic carbocycles. The molecule has 7 heteroatoms. The molecular weight excluding hydrogens is 284 g/mol. The molecule has 0 saturated heterocycles. The number of methoxy groups -OCH3 is 1. The molecular formula is C13H9F2N3OS. The van der Waals surface area contributed by atoms with Gasteiger partial charge in [0, 0.05) is 0 Å². The number of aromatic nitrogens is 2. The van der Waals surface area contributed by atoms with Crippen LogP contribution in [0.25, 0.3) is 21.3 Å². The third-order valence-electron chi connectivity index (χ3n) is 2.81. The second-order valence-electron chi connectivity index (χ2n) is 4.02. The van der Waals surface area contributed by atoms with E-state index in [-0.39, 0.29) is 16.6 Å². The van der Waals surface area contributed by atoms with Gasteiger partial charge in [-0.15, -0.1) is 0 Å². The number of anilines is 1. The first-order chi connectivity index (χ1) is 9.60. The molecule has 0 bridgehead atoms. The van der Waals surface area contributed by atoms with Crippen molar-refractivity contribution in [3.8, 4) is 17.0 Å². The molecule has 0 fully saturated rings. The number of ether oxygens (including phenoxy) is 1. The van der Waals surface area contributed by atoms with E-state index >= 15 is 0 Å². The number of nitrogens with two attached hydrogens (primary N) is 1. The zero-order chi connectivity index (χ0) is 14.3. The van der Waals surface area contributed by atoms with E-state index in [1.807, 2.05) is 0 Å². The maximum atomic E-state index is 14.2. The van der Waals surface area contributed by atoms with E-state index in [0.717, 1.165) is 11.3 Å². The summed E-state index contributed by atoms with van der Waals surface area (Å²) in [6.07, 6.45) is 0. The second-order valence-corrected chi connectivity index (χ2v) is 5.05. The number of hydrogen-bond donors (Lipinski definition) is 1. The lowest BCUT2D eigenvalue weighted by Gasteiger charge is -2.07. The molecule has 0 unspecified atom stereocenters. The molecule has 2 aromatic heterocycles. The predicted molar refractivity (Wildman–Crippen MR) is 73.7 cm³/mol. The summed E-state index contributed by atoms with van der Waals surface area (Å²) in [4.78, 5) is 7.83. The Labute approximate surface area is 116 Å². The molecule has 0 saturated carbocycles. The smallest absolute Gasteiger partial charge is 0.244 e. The summed E-state index contributed by atoms with van der Waals surface area (Å²) in [5.74, 6) is -1.02. The lowest BCUT2D eigenvalue weighted by atomic mass is 10.1. The van der Waals surface area contributed by atoms with Crippen LogP contribution in [0, 0.1) is 11.8 Å². The Morgan fingerprint density at radius 1 is 1.15 bits per heavy atom. The molecule has 0 atom stereocenters. The van der Waals surface area contributed by atoms with Gasteiger partial charge in [0.25, 0.3) is 0 Å². The first-order valence-electron chi connectivity index (χ1n) is 5.65. The maximum Gasteiger partial charge on any atom is 0.244 e. The standard InChI is InChI=1S/C13H9F2N3OS/c1-19-12-9-10(20-13(16)17-9)8(11(15)18-12)6-2-4-7(14)5-3-6/h2-5H,1H3,(H2,16,17). The highest BCUT2D eigenvalue weighted by atomic mass is 32.1. The largest absolute Gasteiger partial charge is 0.479 e. The number of hydrogen-bond acceptors (Lipinski definition) is 5. The number of nitrogens with zero attached hydrogens (tertiary/aromatic N) is 2. The molecule has 2 N–H and O–H groups in total. The molecule has 102 valence electrons. The van der Waals surface area contributed by atoms with Gasteiger partial charge < -0.3 is 10.5 Å². The highest BCUT2D eigenvalue weighted by molar-refractivity contribution is 7.22. The van der Waals surface area contributed by atoms with E-state index in [0.29, 0.717) is 15.8 Å². The lowest BCUT2D eigenvalue weighted by Crippen LogP contribution is -1.96. The SMILES string of the molecule is COc1nc(F)c(-c2ccc(F)cc2)c2sc(N)nc12. The fraction of sp³-hybridized carbons (Fsp3) is 0.0769. The van der Waals surface area contributed by atoms with Gasteiger partial charge in [-0.1, -0.05) is 23.5 Å². The Kier molecular flexibility index (Phi) is 2.98. The molecule has 0 aliphatic rings.